The number of amides is 1. The number of thioether (sulfide) groups is 1. The van der Waals surface area contributed by atoms with Gasteiger partial charge in [-0.1, -0.05) is 30.3 Å². The molecule has 0 aliphatic carbocycles. The van der Waals surface area contributed by atoms with Gasteiger partial charge >= 0.3 is 5.97 Å². The lowest BCUT2D eigenvalue weighted by Gasteiger charge is -2.10. The van der Waals surface area contributed by atoms with Gasteiger partial charge < -0.3 is 10.4 Å². The molecule has 0 bridgehead atoms. The molecule has 1 aromatic heterocycles. The van der Waals surface area contributed by atoms with Crippen LogP contribution in [0, 0.1) is 6.92 Å². The average Bonchev–Trinajstić information content (AvgIpc) is 2.97. The summed E-state index contributed by atoms with van der Waals surface area (Å²) in [5.74, 6) is -0.879. The summed E-state index contributed by atoms with van der Waals surface area (Å²) in [6, 6.07) is 8.55. The molecule has 8 heteroatoms. The number of carboxylic acid groups (broad SMARTS) is 1. The minimum Gasteiger partial charge on any atom is -0.477 e. The molecule has 0 saturated heterocycles. The predicted octanol–water partition coefficient (Wildman–Crippen LogP) is 2.94. The van der Waals surface area contributed by atoms with Crippen molar-refractivity contribution in [2.24, 2.45) is 0 Å². The number of thiazole rings is 1. The zero-order valence-electron chi connectivity index (χ0n) is 13.8. The molecule has 0 radical (unpaired) electrons. The highest BCUT2D eigenvalue weighted by molar-refractivity contribution is 8.00. The van der Waals surface area contributed by atoms with Crippen molar-refractivity contribution in [1.29, 1.82) is 0 Å². The molecule has 2 rings (SSSR count). The molecule has 6 nitrogen and oxygen atoms in total. The van der Waals surface area contributed by atoms with E-state index in [2.05, 4.69) is 10.3 Å². The van der Waals surface area contributed by atoms with Crippen LogP contribution < -0.4 is 5.32 Å². The van der Waals surface area contributed by atoms with Crippen molar-refractivity contribution in [3.05, 3.63) is 51.5 Å². The molecule has 0 aliphatic rings. The number of rotatable bonds is 8. The van der Waals surface area contributed by atoms with Crippen molar-refractivity contribution < 1.29 is 19.5 Å². The van der Waals surface area contributed by atoms with Gasteiger partial charge in [0.15, 0.2) is 5.78 Å². The Kier molecular flexibility index (Phi) is 6.72. The van der Waals surface area contributed by atoms with Crippen LogP contribution in [0.15, 0.2) is 30.3 Å². The lowest BCUT2D eigenvalue weighted by molar-refractivity contribution is -0.119. The van der Waals surface area contributed by atoms with Crippen LogP contribution in [-0.2, 0) is 4.79 Å². The Morgan fingerprint density at radius 2 is 1.92 bits per heavy atom. The number of ketones is 1. The Bertz CT molecular complexity index is 774. The SMILES string of the molecule is Cc1nc(C(C)NC(=O)CSCC(=O)c2ccccc2)sc1C(=O)O. The first kappa shape index (κ1) is 19.1. The van der Waals surface area contributed by atoms with E-state index in [0.717, 1.165) is 11.3 Å². The van der Waals surface area contributed by atoms with Gasteiger partial charge in [-0.05, 0) is 13.8 Å². The quantitative estimate of drug-likeness (QED) is 0.686. The standard InChI is InChI=1S/C17H18N2O4S2/c1-10-15(17(22)23)25-16(19-10)11(2)18-14(21)9-24-8-13(20)12-6-4-3-5-7-12/h3-7,11H,8-9H2,1-2H3,(H,18,21)(H,22,23). The number of aromatic carboxylic acids is 1. The first-order valence-corrected chi connectivity index (χ1v) is 9.51. The lowest BCUT2D eigenvalue weighted by Crippen LogP contribution is -2.28. The number of carboxylic acids is 1. The van der Waals surface area contributed by atoms with Crippen molar-refractivity contribution >= 4 is 40.8 Å². The summed E-state index contributed by atoms with van der Waals surface area (Å²) < 4.78 is 0. The fraction of sp³-hybridized carbons (Fsp3) is 0.294. The third kappa shape index (κ3) is 5.40. The van der Waals surface area contributed by atoms with E-state index in [1.165, 1.54) is 11.8 Å². The second-order valence-corrected chi connectivity index (χ2v) is 7.36. The van der Waals surface area contributed by atoms with Crippen molar-refractivity contribution in [2.75, 3.05) is 11.5 Å². The molecular formula is C17H18N2O4S2. The van der Waals surface area contributed by atoms with Gasteiger partial charge in [-0.15, -0.1) is 23.1 Å². The maximum absolute atomic E-state index is 12.0. The number of benzene rings is 1. The third-order valence-corrected chi connectivity index (χ3v) is 5.58. The van der Waals surface area contributed by atoms with Crippen LogP contribution in [0.25, 0.3) is 0 Å². The molecule has 0 aliphatic heterocycles. The number of hydrogen-bond donors (Lipinski definition) is 2. The van der Waals surface area contributed by atoms with Gasteiger partial charge in [0.2, 0.25) is 5.91 Å². The molecule has 1 unspecified atom stereocenters. The predicted molar refractivity (Wildman–Crippen MR) is 98.5 cm³/mol. The van der Waals surface area contributed by atoms with E-state index in [0.29, 0.717) is 16.3 Å². The van der Waals surface area contributed by atoms with E-state index in [1.54, 1.807) is 38.1 Å². The zero-order chi connectivity index (χ0) is 18.4. The summed E-state index contributed by atoms with van der Waals surface area (Å²) in [4.78, 5) is 39.4. The van der Waals surface area contributed by atoms with Gasteiger partial charge in [0.05, 0.1) is 23.2 Å². The normalized spacial score (nSPS) is 11.8. The van der Waals surface area contributed by atoms with Crippen LogP contribution in [0.3, 0.4) is 0 Å². The summed E-state index contributed by atoms with van der Waals surface area (Å²) in [6.07, 6.45) is 0. The van der Waals surface area contributed by atoms with Gasteiger partial charge in [-0.3, -0.25) is 9.59 Å². The van der Waals surface area contributed by atoms with Crippen molar-refractivity contribution in [3.8, 4) is 0 Å². The highest BCUT2D eigenvalue weighted by Gasteiger charge is 2.19. The molecule has 1 aromatic carbocycles. The Balaban J connectivity index is 1.81. The fourth-order valence-corrected chi connectivity index (χ4v) is 3.72. The van der Waals surface area contributed by atoms with Crippen LogP contribution in [-0.4, -0.2) is 39.3 Å². The highest BCUT2D eigenvalue weighted by atomic mass is 32.2. The fourth-order valence-electron chi connectivity index (χ4n) is 2.09. The Morgan fingerprint density at radius 3 is 2.52 bits per heavy atom. The molecule has 1 heterocycles. The Morgan fingerprint density at radius 1 is 1.24 bits per heavy atom. The summed E-state index contributed by atoms with van der Waals surface area (Å²) in [5, 5.41) is 12.4. The summed E-state index contributed by atoms with van der Waals surface area (Å²) >= 11 is 2.30. The summed E-state index contributed by atoms with van der Waals surface area (Å²) in [5.41, 5.74) is 1.07. The maximum atomic E-state index is 12.0. The molecule has 1 amide bonds. The number of hydrogen-bond acceptors (Lipinski definition) is 6. The zero-order valence-corrected chi connectivity index (χ0v) is 15.4. The number of nitrogens with one attached hydrogen (secondary N) is 1. The van der Waals surface area contributed by atoms with E-state index in [-0.39, 0.29) is 34.1 Å². The third-order valence-electron chi connectivity index (χ3n) is 3.32. The van der Waals surface area contributed by atoms with Gasteiger partial charge in [0.25, 0.3) is 0 Å². The lowest BCUT2D eigenvalue weighted by atomic mass is 10.2. The number of aromatic nitrogens is 1. The average molecular weight is 378 g/mol. The smallest absolute Gasteiger partial charge is 0.347 e. The van der Waals surface area contributed by atoms with Crippen LogP contribution in [0.4, 0.5) is 0 Å². The van der Waals surface area contributed by atoms with Crippen molar-refractivity contribution in [3.63, 3.8) is 0 Å². The first-order chi connectivity index (χ1) is 11.9. The minimum atomic E-state index is -1.02. The van der Waals surface area contributed by atoms with Gasteiger partial charge in [-0.25, -0.2) is 9.78 Å². The van der Waals surface area contributed by atoms with Crippen LogP contribution in [0.5, 0.6) is 0 Å². The second-order valence-electron chi connectivity index (χ2n) is 5.34. The van der Waals surface area contributed by atoms with E-state index in [1.807, 2.05) is 6.07 Å². The number of carbonyl (C=O) groups excluding carboxylic acids is 2. The Labute approximate surface area is 153 Å². The number of nitrogens with zero attached hydrogens (tertiary/aromatic N) is 1. The number of Topliss-reactive ketones (excluding diaryl/α,β-unsaturated/α-hetero) is 1. The van der Waals surface area contributed by atoms with Gasteiger partial charge in [0.1, 0.15) is 9.88 Å². The maximum Gasteiger partial charge on any atom is 0.347 e. The Hall–Kier alpha value is -2.19. The first-order valence-electron chi connectivity index (χ1n) is 7.54. The van der Waals surface area contributed by atoms with E-state index >= 15 is 0 Å². The van der Waals surface area contributed by atoms with E-state index in [4.69, 9.17) is 5.11 Å². The van der Waals surface area contributed by atoms with Crippen LogP contribution in [0.1, 0.15) is 43.7 Å². The molecule has 2 N–H and O–H groups in total. The molecule has 0 spiro atoms. The minimum absolute atomic E-state index is 0.0203. The highest BCUT2D eigenvalue weighted by Crippen LogP contribution is 2.23. The molecule has 0 saturated carbocycles. The van der Waals surface area contributed by atoms with Gasteiger partial charge in [0, 0.05) is 5.56 Å². The largest absolute Gasteiger partial charge is 0.477 e. The molecule has 0 fully saturated rings. The summed E-state index contributed by atoms with van der Waals surface area (Å²) in [7, 11) is 0. The topological polar surface area (TPSA) is 96.4 Å². The van der Waals surface area contributed by atoms with Crippen molar-refractivity contribution in [2.45, 2.75) is 19.9 Å². The monoisotopic (exact) mass is 378 g/mol. The molecule has 25 heavy (non-hydrogen) atoms. The van der Waals surface area contributed by atoms with E-state index < -0.39 is 5.97 Å². The molecule has 1 atom stereocenters. The number of aryl methyl sites for hydroxylation is 1. The van der Waals surface area contributed by atoms with E-state index in [9.17, 15) is 14.4 Å². The molecule has 2 aromatic rings. The second kappa shape index (κ2) is 8.77. The van der Waals surface area contributed by atoms with Gasteiger partial charge in [-0.2, -0.15) is 0 Å². The number of carbonyl (C=O) groups is 3. The summed E-state index contributed by atoms with van der Waals surface area (Å²) in [6.45, 7) is 3.38. The molecule has 132 valence electrons. The molecular weight excluding hydrogens is 360 g/mol. The van der Waals surface area contributed by atoms with Crippen LogP contribution >= 0.6 is 23.1 Å². The van der Waals surface area contributed by atoms with Crippen LogP contribution in [0.2, 0.25) is 0 Å². The van der Waals surface area contributed by atoms with Crippen molar-refractivity contribution in [1.82, 2.24) is 10.3 Å².